The fourth-order valence-electron chi connectivity index (χ4n) is 1.93. The van der Waals surface area contributed by atoms with Crippen LogP contribution in [0.15, 0.2) is 16.9 Å². The number of rotatable bonds is 1. The van der Waals surface area contributed by atoms with E-state index in [1.165, 1.54) is 27.7 Å². The fourth-order valence-corrected chi connectivity index (χ4v) is 1.93. The number of carbonyl (C=O) groups is 3. The second-order valence-corrected chi connectivity index (χ2v) is 4.89. The van der Waals surface area contributed by atoms with Crippen molar-refractivity contribution in [1.82, 2.24) is 0 Å². The molecule has 0 saturated heterocycles. The molecular weight excluding hydrogens is 210 g/mol. The lowest BCUT2D eigenvalue weighted by Gasteiger charge is -2.36. The van der Waals surface area contributed by atoms with Crippen molar-refractivity contribution in [2.45, 2.75) is 27.7 Å². The predicted octanol–water partition coefficient (Wildman–Crippen LogP) is 1.41. The number of hydrogen-bond donors (Lipinski definition) is 0. The number of nitrogens with zero attached hydrogens (tertiary/aromatic N) is 1. The van der Waals surface area contributed by atoms with Crippen LogP contribution in [-0.4, -0.2) is 17.3 Å². The number of ketones is 3. The van der Waals surface area contributed by atoms with E-state index in [0.29, 0.717) is 6.20 Å². The third kappa shape index (κ3) is 1.43. The molecule has 0 atom stereocenters. The van der Waals surface area contributed by atoms with Crippen molar-refractivity contribution in [2.75, 3.05) is 0 Å². The van der Waals surface area contributed by atoms with Crippen LogP contribution in [0.2, 0.25) is 0 Å². The van der Waals surface area contributed by atoms with Gasteiger partial charge in [0.25, 0.3) is 0 Å². The van der Waals surface area contributed by atoms with Gasteiger partial charge < -0.3 is 0 Å². The molecular formula is C11H13NO4. The number of carbonyl (C=O) groups excluding carboxylic acids is 3. The molecule has 0 radical (unpaired) electrons. The topological polar surface area (TPSA) is 80.6 Å². The maximum Gasteiger partial charge on any atom is 0.181 e. The summed E-state index contributed by atoms with van der Waals surface area (Å²) in [7, 11) is 0. The average Bonchev–Trinajstić information content (AvgIpc) is 2.21. The quantitative estimate of drug-likeness (QED) is 0.291. The first kappa shape index (κ1) is 12.4. The summed E-state index contributed by atoms with van der Waals surface area (Å²) >= 11 is 0. The Morgan fingerprint density at radius 1 is 0.938 bits per heavy atom. The van der Waals surface area contributed by atoms with Crippen LogP contribution in [0.1, 0.15) is 27.7 Å². The predicted molar refractivity (Wildman–Crippen MR) is 56.5 cm³/mol. The molecule has 0 unspecified atom stereocenters. The highest BCUT2D eigenvalue weighted by atomic mass is 16.2. The van der Waals surface area contributed by atoms with Crippen molar-refractivity contribution in [3.8, 4) is 0 Å². The van der Waals surface area contributed by atoms with Gasteiger partial charge in [-0.15, -0.1) is 4.91 Å². The van der Waals surface area contributed by atoms with Crippen molar-refractivity contribution in [3.63, 3.8) is 0 Å². The summed E-state index contributed by atoms with van der Waals surface area (Å²) in [5.41, 5.74) is -2.86. The van der Waals surface area contributed by atoms with Gasteiger partial charge in [-0.05, 0) is 32.9 Å². The van der Waals surface area contributed by atoms with Gasteiger partial charge in [0.05, 0.1) is 22.6 Å². The summed E-state index contributed by atoms with van der Waals surface area (Å²) < 4.78 is 0. The molecule has 1 aliphatic rings. The Kier molecular flexibility index (Phi) is 2.67. The summed E-state index contributed by atoms with van der Waals surface area (Å²) in [6.07, 6.45) is 0.695. The largest absolute Gasteiger partial charge is 0.297 e. The molecule has 86 valence electrons. The Morgan fingerprint density at radius 2 is 1.31 bits per heavy atom. The van der Waals surface area contributed by atoms with E-state index in [-0.39, 0.29) is 5.57 Å². The Hall–Kier alpha value is -1.65. The number of allylic oxidation sites excluding steroid dienone is 1. The van der Waals surface area contributed by atoms with E-state index in [9.17, 15) is 19.3 Å². The molecule has 0 heterocycles. The summed E-state index contributed by atoms with van der Waals surface area (Å²) in [5, 5.41) is 2.45. The maximum atomic E-state index is 12.0. The first-order valence-corrected chi connectivity index (χ1v) is 4.84. The van der Waals surface area contributed by atoms with E-state index in [1.54, 1.807) is 0 Å². The molecule has 0 aromatic rings. The normalized spacial score (nSPS) is 23.2. The molecule has 1 rings (SSSR count). The Balaban J connectivity index is 3.46. The molecule has 0 bridgehead atoms. The standard InChI is InChI=1S/C11H13NO4/c1-10(2)7(13)6(5-12-16)8(14)11(3,4)9(10)15/h5H,1-4H3. The van der Waals surface area contributed by atoms with Crippen molar-refractivity contribution in [3.05, 3.63) is 16.7 Å². The zero-order valence-corrected chi connectivity index (χ0v) is 9.66. The van der Waals surface area contributed by atoms with Crippen LogP contribution in [0.4, 0.5) is 0 Å². The fraction of sp³-hybridized carbons (Fsp3) is 0.545. The van der Waals surface area contributed by atoms with Crippen LogP contribution >= 0.6 is 0 Å². The molecule has 0 spiro atoms. The van der Waals surface area contributed by atoms with Gasteiger partial charge in [-0.1, -0.05) is 0 Å². The second kappa shape index (κ2) is 3.43. The third-order valence-corrected chi connectivity index (χ3v) is 2.94. The minimum absolute atomic E-state index is 0.287. The molecule has 0 aliphatic heterocycles. The van der Waals surface area contributed by atoms with Gasteiger partial charge in [0.2, 0.25) is 0 Å². The molecule has 5 heteroatoms. The van der Waals surface area contributed by atoms with Gasteiger partial charge in [0.1, 0.15) is 0 Å². The minimum atomic E-state index is -1.28. The lowest BCUT2D eigenvalue weighted by Crippen LogP contribution is -2.53. The first-order chi connectivity index (χ1) is 7.17. The van der Waals surface area contributed by atoms with Crippen molar-refractivity contribution in [1.29, 1.82) is 0 Å². The lowest BCUT2D eigenvalue weighted by molar-refractivity contribution is -0.151. The van der Waals surface area contributed by atoms with Gasteiger partial charge in [0, 0.05) is 0 Å². The summed E-state index contributed by atoms with van der Waals surface area (Å²) in [6.45, 7) is 5.80. The molecule has 0 aromatic carbocycles. The Bertz CT molecular complexity index is 397. The molecule has 5 nitrogen and oxygen atoms in total. The highest BCUT2D eigenvalue weighted by Crippen LogP contribution is 2.40. The van der Waals surface area contributed by atoms with Gasteiger partial charge in [-0.3, -0.25) is 14.4 Å². The zero-order chi connectivity index (χ0) is 12.7. The summed E-state index contributed by atoms with van der Waals surface area (Å²) in [5.74, 6) is -1.71. The van der Waals surface area contributed by atoms with Crippen LogP contribution in [0, 0.1) is 15.7 Å². The van der Waals surface area contributed by atoms with Gasteiger partial charge in [-0.25, -0.2) is 0 Å². The van der Waals surface area contributed by atoms with E-state index in [0.717, 1.165) is 0 Å². The zero-order valence-electron chi connectivity index (χ0n) is 9.66. The van der Waals surface area contributed by atoms with E-state index >= 15 is 0 Å². The smallest absolute Gasteiger partial charge is 0.181 e. The number of Topliss-reactive ketones (excluding diaryl/α,β-unsaturated/α-hetero) is 3. The summed E-state index contributed by atoms with van der Waals surface area (Å²) in [6, 6.07) is 0. The molecule has 0 amide bonds. The molecule has 1 aliphatic carbocycles. The van der Waals surface area contributed by atoms with Crippen molar-refractivity contribution in [2.24, 2.45) is 16.0 Å². The lowest BCUT2D eigenvalue weighted by atomic mass is 9.61. The van der Waals surface area contributed by atoms with Gasteiger partial charge >= 0.3 is 0 Å². The van der Waals surface area contributed by atoms with Crippen molar-refractivity contribution < 1.29 is 14.4 Å². The highest BCUT2D eigenvalue weighted by Gasteiger charge is 2.55. The highest BCUT2D eigenvalue weighted by molar-refractivity contribution is 6.38. The Morgan fingerprint density at radius 3 is 1.62 bits per heavy atom. The van der Waals surface area contributed by atoms with Gasteiger partial charge in [-0.2, -0.15) is 0 Å². The molecule has 1 saturated carbocycles. The molecule has 1 fully saturated rings. The summed E-state index contributed by atoms with van der Waals surface area (Å²) in [4.78, 5) is 45.8. The van der Waals surface area contributed by atoms with Crippen LogP contribution in [0.5, 0.6) is 0 Å². The third-order valence-electron chi connectivity index (χ3n) is 2.94. The first-order valence-electron chi connectivity index (χ1n) is 4.84. The molecule has 16 heavy (non-hydrogen) atoms. The average molecular weight is 223 g/mol. The van der Waals surface area contributed by atoms with Crippen LogP contribution < -0.4 is 0 Å². The van der Waals surface area contributed by atoms with Crippen LogP contribution in [0.25, 0.3) is 0 Å². The Labute approximate surface area is 92.9 Å². The van der Waals surface area contributed by atoms with E-state index in [2.05, 4.69) is 5.18 Å². The SMILES string of the molecule is CC1(C)C(=O)C(=CN=O)C(=O)C(C)(C)C1=O. The van der Waals surface area contributed by atoms with Crippen LogP contribution in [-0.2, 0) is 14.4 Å². The monoisotopic (exact) mass is 223 g/mol. The van der Waals surface area contributed by atoms with E-state index in [1.807, 2.05) is 0 Å². The molecule has 0 aromatic heterocycles. The van der Waals surface area contributed by atoms with Gasteiger partial charge in [0.15, 0.2) is 17.3 Å². The maximum absolute atomic E-state index is 12.0. The minimum Gasteiger partial charge on any atom is -0.297 e. The van der Waals surface area contributed by atoms with E-state index < -0.39 is 28.2 Å². The number of hydrogen-bond acceptors (Lipinski definition) is 5. The van der Waals surface area contributed by atoms with E-state index in [4.69, 9.17) is 0 Å². The molecule has 0 N–H and O–H groups in total. The second-order valence-electron chi connectivity index (χ2n) is 4.89. The van der Waals surface area contributed by atoms with Crippen LogP contribution in [0.3, 0.4) is 0 Å². The van der Waals surface area contributed by atoms with Crippen molar-refractivity contribution >= 4 is 17.3 Å². The number of nitroso groups, excluding NO2 is 1.